The summed E-state index contributed by atoms with van der Waals surface area (Å²) in [6.45, 7) is 8.17. The SMILES string of the molecule is COc1ccc(C(CN=C(N)N2CCC(C)CC2)N2CCOCC2)cc1OC. The highest BCUT2D eigenvalue weighted by Gasteiger charge is 2.24. The molecule has 7 nitrogen and oxygen atoms in total. The normalized spacial score (nSPS) is 20.8. The fourth-order valence-electron chi connectivity index (χ4n) is 3.90. The molecule has 2 N–H and O–H groups in total. The Morgan fingerprint density at radius 3 is 2.46 bits per heavy atom. The second-order valence-electron chi connectivity index (χ2n) is 7.65. The Labute approximate surface area is 168 Å². The third-order valence-corrected chi connectivity index (χ3v) is 5.81. The van der Waals surface area contributed by atoms with E-state index in [1.54, 1.807) is 14.2 Å². The van der Waals surface area contributed by atoms with Crippen molar-refractivity contribution in [3.05, 3.63) is 23.8 Å². The van der Waals surface area contributed by atoms with Crippen LogP contribution in [0.1, 0.15) is 31.4 Å². The average molecular weight is 391 g/mol. The van der Waals surface area contributed by atoms with Crippen LogP contribution in [0.3, 0.4) is 0 Å². The maximum atomic E-state index is 6.34. The second kappa shape index (κ2) is 9.98. The summed E-state index contributed by atoms with van der Waals surface area (Å²) in [6, 6.07) is 6.23. The summed E-state index contributed by atoms with van der Waals surface area (Å²) in [5.74, 6) is 2.90. The molecule has 0 aliphatic carbocycles. The number of nitrogens with zero attached hydrogens (tertiary/aromatic N) is 3. The summed E-state index contributed by atoms with van der Waals surface area (Å²) in [5, 5.41) is 0. The molecular weight excluding hydrogens is 356 g/mol. The molecule has 0 aromatic heterocycles. The van der Waals surface area contributed by atoms with Crippen LogP contribution in [-0.2, 0) is 4.74 Å². The Morgan fingerprint density at radius 2 is 1.82 bits per heavy atom. The van der Waals surface area contributed by atoms with Gasteiger partial charge in [-0.3, -0.25) is 9.89 Å². The molecule has 0 radical (unpaired) electrons. The first kappa shape index (κ1) is 20.7. The Kier molecular flexibility index (Phi) is 7.39. The van der Waals surface area contributed by atoms with Gasteiger partial charge in [-0.2, -0.15) is 0 Å². The molecule has 1 atom stereocenters. The summed E-state index contributed by atoms with van der Waals surface area (Å²) in [5.41, 5.74) is 7.50. The van der Waals surface area contributed by atoms with E-state index >= 15 is 0 Å². The van der Waals surface area contributed by atoms with Crippen molar-refractivity contribution in [3.63, 3.8) is 0 Å². The van der Waals surface area contributed by atoms with Gasteiger partial charge >= 0.3 is 0 Å². The maximum absolute atomic E-state index is 6.34. The number of likely N-dealkylation sites (tertiary alicyclic amines) is 1. The number of piperidine rings is 1. The molecule has 3 rings (SSSR count). The molecule has 28 heavy (non-hydrogen) atoms. The fraction of sp³-hybridized carbons (Fsp3) is 0.667. The molecule has 1 unspecified atom stereocenters. The summed E-state index contributed by atoms with van der Waals surface area (Å²) in [7, 11) is 3.32. The first-order chi connectivity index (χ1) is 13.6. The van der Waals surface area contributed by atoms with E-state index in [1.807, 2.05) is 12.1 Å². The summed E-state index contributed by atoms with van der Waals surface area (Å²) < 4.78 is 16.4. The average Bonchev–Trinajstić information content (AvgIpc) is 2.74. The van der Waals surface area contributed by atoms with E-state index in [9.17, 15) is 0 Å². The highest BCUT2D eigenvalue weighted by molar-refractivity contribution is 5.78. The number of methoxy groups -OCH3 is 2. The van der Waals surface area contributed by atoms with E-state index in [4.69, 9.17) is 24.9 Å². The minimum Gasteiger partial charge on any atom is -0.493 e. The van der Waals surface area contributed by atoms with E-state index in [0.29, 0.717) is 12.5 Å². The molecule has 0 spiro atoms. The summed E-state index contributed by atoms with van der Waals surface area (Å²) >= 11 is 0. The molecule has 2 aliphatic heterocycles. The Morgan fingerprint density at radius 1 is 1.14 bits per heavy atom. The van der Waals surface area contributed by atoms with Crippen LogP contribution >= 0.6 is 0 Å². The van der Waals surface area contributed by atoms with Crippen LogP contribution in [0.2, 0.25) is 0 Å². The summed E-state index contributed by atoms with van der Waals surface area (Å²) in [4.78, 5) is 9.42. The predicted molar refractivity (Wildman–Crippen MR) is 111 cm³/mol. The number of benzene rings is 1. The number of hydrogen-bond acceptors (Lipinski definition) is 5. The van der Waals surface area contributed by atoms with Crippen LogP contribution in [0.5, 0.6) is 11.5 Å². The number of morpholine rings is 1. The lowest BCUT2D eigenvalue weighted by molar-refractivity contribution is 0.0179. The lowest BCUT2D eigenvalue weighted by atomic mass is 10.00. The van der Waals surface area contributed by atoms with Crippen LogP contribution in [0, 0.1) is 5.92 Å². The van der Waals surface area contributed by atoms with Crippen molar-refractivity contribution in [1.29, 1.82) is 0 Å². The van der Waals surface area contributed by atoms with Gasteiger partial charge in [-0.15, -0.1) is 0 Å². The van der Waals surface area contributed by atoms with Gasteiger partial charge in [0.05, 0.1) is 40.0 Å². The predicted octanol–water partition coefficient (Wildman–Crippen LogP) is 2.12. The van der Waals surface area contributed by atoms with E-state index in [0.717, 1.165) is 62.4 Å². The van der Waals surface area contributed by atoms with E-state index in [2.05, 4.69) is 22.8 Å². The Balaban J connectivity index is 1.78. The second-order valence-corrected chi connectivity index (χ2v) is 7.65. The summed E-state index contributed by atoms with van der Waals surface area (Å²) in [6.07, 6.45) is 2.36. The van der Waals surface area contributed by atoms with Gasteiger partial charge in [-0.25, -0.2) is 0 Å². The van der Waals surface area contributed by atoms with Crippen molar-refractivity contribution >= 4 is 5.96 Å². The van der Waals surface area contributed by atoms with Crippen molar-refractivity contribution in [2.75, 3.05) is 60.2 Å². The van der Waals surface area contributed by atoms with Gasteiger partial charge in [-0.1, -0.05) is 13.0 Å². The van der Waals surface area contributed by atoms with Crippen LogP contribution in [0.25, 0.3) is 0 Å². The number of ether oxygens (including phenoxy) is 3. The molecule has 2 aliphatic rings. The molecule has 1 aromatic rings. The molecule has 0 saturated carbocycles. The van der Waals surface area contributed by atoms with Gasteiger partial charge < -0.3 is 24.8 Å². The fourth-order valence-corrected chi connectivity index (χ4v) is 3.90. The van der Waals surface area contributed by atoms with Gasteiger partial charge in [0.25, 0.3) is 0 Å². The third-order valence-electron chi connectivity index (χ3n) is 5.81. The van der Waals surface area contributed by atoms with Crippen LogP contribution in [0.4, 0.5) is 0 Å². The smallest absolute Gasteiger partial charge is 0.191 e. The Hall–Kier alpha value is -1.99. The zero-order valence-electron chi connectivity index (χ0n) is 17.4. The monoisotopic (exact) mass is 390 g/mol. The molecule has 2 heterocycles. The van der Waals surface area contributed by atoms with Crippen molar-refractivity contribution in [2.45, 2.75) is 25.8 Å². The lowest BCUT2D eigenvalue weighted by Crippen LogP contribution is -2.44. The van der Waals surface area contributed by atoms with Crippen molar-refractivity contribution in [3.8, 4) is 11.5 Å². The first-order valence-corrected chi connectivity index (χ1v) is 10.2. The van der Waals surface area contributed by atoms with Gasteiger partial charge in [0, 0.05) is 26.2 Å². The van der Waals surface area contributed by atoms with Crippen LogP contribution in [0.15, 0.2) is 23.2 Å². The van der Waals surface area contributed by atoms with Gasteiger partial charge in [0.2, 0.25) is 0 Å². The quantitative estimate of drug-likeness (QED) is 0.593. The topological polar surface area (TPSA) is 72.6 Å². The molecule has 7 heteroatoms. The number of nitrogens with two attached hydrogens (primary N) is 1. The van der Waals surface area contributed by atoms with Crippen molar-refractivity contribution in [2.24, 2.45) is 16.6 Å². The van der Waals surface area contributed by atoms with Crippen molar-refractivity contribution < 1.29 is 14.2 Å². The molecular formula is C21H34N4O3. The van der Waals surface area contributed by atoms with Gasteiger partial charge in [0.1, 0.15) is 0 Å². The standard InChI is InChI=1S/C21H34N4O3/c1-16-6-8-25(9-7-16)21(22)23-15-18(24-10-12-28-13-11-24)17-4-5-19(26-2)20(14-17)27-3/h4-5,14,16,18H,6-13,15H2,1-3H3,(H2,22,23). The van der Waals surface area contributed by atoms with Gasteiger partial charge in [-0.05, 0) is 36.5 Å². The molecule has 0 bridgehead atoms. The molecule has 1 aromatic carbocycles. The highest BCUT2D eigenvalue weighted by Crippen LogP contribution is 2.32. The molecule has 2 saturated heterocycles. The van der Waals surface area contributed by atoms with Gasteiger partial charge in [0.15, 0.2) is 17.5 Å². The van der Waals surface area contributed by atoms with Crippen molar-refractivity contribution in [1.82, 2.24) is 9.80 Å². The zero-order chi connectivity index (χ0) is 19.9. The van der Waals surface area contributed by atoms with E-state index in [1.165, 1.54) is 12.8 Å². The molecule has 0 amide bonds. The Bertz CT molecular complexity index is 653. The number of hydrogen-bond donors (Lipinski definition) is 1. The van der Waals surface area contributed by atoms with Crippen LogP contribution in [-0.4, -0.2) is 75.9 Å². The number of aliphatic imine (C=N–C) groups is 1. The molecule has 156 valence electrons. The minimum atomic E-state index is 0.131. The maximum Gasteiger partial charge on any atom is 0.191 e. The van der Waals surface area contributed by atoms with Crippen LogP contribution < -0.4 is 15.2 Å². The largest absolute Gasteiger partial charge is 0.493 e. The van der Waals surface area contributed by atoms with E-state index < -0.39 is 0 Å². The highest BCUT2D eigenvalue weighted by atomic mass is 16.5. The zero-order valence-corrected chi connectivity index (χ0v) is 17.4. The third kappa shape index (κ3) is 5.08. The van der Waals surface area contributed by atoms with E-state index in [-0.39, 0.29) is 6.04 Å². The number of rotatable bonds is 6. The number of guanidine groups is 1. The first-order valence-electron chi connectivity index (χ1n) is 10.2. The minimum absolute atomic E-state index is 0.131. The molecule has 2 fully saturated rings. The lowest BCUT2D eigenvalue weighted by Gasteiger charge is -2.35.